The van der Waals surface area contributed by atoms with Crippen molar-refractivity contribution in [3.05, 3.63) is 35.9 Å². The summed E-state index contributed by atoms with van der Waals surface area (Å²) in [5, 5.41) is 15.4. The molecular formula is C23H31N3O5. The number of carbonyl (C=O) groups excluding carboxylic acids is 3. The minimum absolute atomic E-state index is 0.0156. The lowest BCUT2D eigenvalue weighted by atomic mass is 9.97. The highest BCUT2D eigenvalue weighted by molar-refractivity contribution is 5.88. The van der Waals surface area contributed by atoms with Crippen molar-refractivity contribution in [3.63, 3.8) is 0 Å². The number of aliphatic hydroxyl groups is 1. The van der Waals surface area contributed by atoms with Crippen LogP contribution in [0.15, 0.2) is 30.3 Å². The molecule has 2 saturated heterocycles. The van der Waals surface area contributed by atoms with Crippen LogP contribution in [0.2, 0.25) is 0 Å². The summed E-state index contributed by atoms with van der Waals surface area (Å²) in [6.07, 6.45) is 0.587. The number of benzene rings is 1. The maximum Gasteiger partial charge on any atom is 0.410 e. The summed E-state index contributed by atoms with van der Waals surface area (Å²) < 4.78 is 5.49. The van der Waals surface area contributed by atoms with E-state index in [2.05, 4.69) is 24.5 Å². The van der Waals surface area contributed by atoms with E-state index in [-0.39, 0.29) is 48.2 Å². The minimum atomic E-state index is -0.630. The summed E-state index contributed by atoms with van der Waals surface area (Å²) in [4.78, 5) is 39.4. The zero-order valence-electron chi connectivity index (χ0n) is 18.0. The highest BCUT2D eigenvalue weighted by atomic mass is 16.6. The summed E-state index contributed by atoms with van der Waals surface area (Å²) >= 11 is 0. The van der Waals surface area contributed by atoms with Gasteiger partial charge in [0.25, 0.3) is 0 Å². The molecule has 1 saturated carbocycles. The van der Waals surface area contributed by atoms with Gasteiger partial charge in [0.1, 0.15) is 12.6 Å². The van der Waals surface area contributed by atoms with Crippen LogP contribution in [0.3, 0.4) is 0 Å². The van der Waals surface area contributed by atoms with E-state index in [0.717, 1.165) is 5.56 Å². The highest BCUT2D eigenvalue weighted by Crippen LogP contribution is 2.64. The van der Waals surface area contributed by atoms with E-state index < -0.39 is 18.2 Å². The first-order valence-electron chi connectivity index (χ1n) is 11.0. The number of nitrogens with zero attached hydrogens (tertiary/aromatic N) is 1. The number of hydrogen-bond acceptors (Lipinski definition) is 5. The quantitative estimate of drug-likeness (QED) is 0.605. The van der Waals surface area contributed by atoms with Crippen molar-refractivity contribution in [2.75, 3.05) is 19.7 Å². The van der Waals surface area contributed by atoms with Crippen molar-refractivity contribution in [3.8, 4) is 0 Å². The zero-order chi connectivity index (χ0) is 22.2. The summed E-state index contributed by atoms with van der Waals surface area (Å²) in [6, 6.07) is 8.27. The van der Waals surface area contributed by atoms with Gasteiger partial charge in [-0.3, -0.25) is 14.5 Å². The van der Waals surface area contributed by atoms with Crippen LogP contribution >= 0.6 is 0 Å². The lowest BCUT2D eigenvalue weighted by Crippen LogP contribution is -2.53. The van der Waals surface area contributed by atoms with Gasteiger partial charge in [-0.05, 0) is 35.7 Å². The van der Waals surface area contributed by atoms with Gasteiger partial charge >= 0.3 is 6.09 Å². The second-order valence-electron chi connectivity index (χ2n) is 9.49. The average molecular weight is 430 g/mol. The number of rotatable bonds is 7. The van der Waals surface area contributed by atoms with Gasteiger partial charge in [-0.2, -0.15) is 0 Å². The van der Waals surface area contributed by atoms with E-state index in [1.807, 2.05) is 30.3 Å². The Hall–Kier alpha value is -2.61. The van der Waals surface area contributed by atoms with Crippen molar-refractivity contribution in [1.29, 1.82) is 0 Å². The molecule has 3 fully saturated rings. The van der Waals surface area contributed by atoms with E-state index in [0.29, 0.717) is 25.9 Å². The Bertz CT molecular complexity index is 843. The van der Waals surface area contributed by atoms with Gasteiger partial charge in [-0.1, -0.05) is 44.2 Å². The number of aliphatic hydroxyl groups excluding tert-OH is 1. The summed E-state index contributed by atoms with van der Waals surface area (Å²) in [7, 11) is 0. The van der Waals surface area contributed by atoms with Crippen LogP contribution in [0.5, 0.6) is 0 Å². The zero-order valence-corrected chi connectivity index (χ0v) is 18.0. The minimum Gasteiger partial charge on any atom is -0.445 e. The fraction of sp³-hybridized carbons (Fsp3) is 0.609. The van der Waals surface area contributed by atoms with Gasteiger partial charge in [0.15, 0.2) is 0 Å². The number of fused-ring (bicyclic) bond motifs is 1. The number of piperidine rings is 1. The second-order valence-corrected chi connectivity index (χ2v) is 9.49. The smallest absolute Gasteiger partial charge is 0.410 e. The molecular weight excluding hydrogens is 398 g/mol. The van der Waals surface area contributed by atoms with Crippen LogP contribution in [0.25, 0.3) is 0 Å². The second kappa shape index (κ2) is 8.49. The maximum atomic E-state index is 13.2. The predicted molar refractivity (Wildman–Crippen MR) is 113 cm³/mol. The third-order valence-corrected chi connectivity index (χ3v) is 7.22. The topological polar surface area (TPSA) is 108 Å². The molecule has 3 N–H and O–H groups in total. The van der Waals surface area contributed by atoms with E-state index in [1.54, 1.807) is 0 Å². The Morgan fingerprint density at radius 3 is 2.71 bits per heavy atom. The fourth-order valence-corrected chi connectivity index (χ4v) is 5.26. The highest BCUT2D eigenvalue weighted by Gasteiger charge is 2.69. The first kappa shape index (κ1) is 21.6. The van der Waals surface area contributed by atoms with E-state index in [4.69, 9.17) is 4.74 Å². The van der Waals surface area contributed by atoms with Gasteiger partial charge in [-0.15, -0.1) is 0 Å². The Balaban J connectivity index is 1.40. The van der Waals surface area contributed by atoms with Crippen LogP contribution in [0.1, 0.15) is 32.3 Å². The van der Waals surface area contributed by atoms with Gasteiger partial charge in [0, 0.05) is 19.0 Å². The average Bonchev–Trinajstić information content (AvgIpc) is 3.13. The SMILES string of the molecule is CC1(C)[C@@H]2[C@@H](C(=O)N[C@H](CO)C[C@@H]3CCNC3=O)N(C(=O)OCc3ccccc3)C[C@@H]21. The van der Waals surface area contributed by atoms with Crippen LogP contribution in [0, 0.1) is 23.2 Å². The third kappa shape index (κ3) is 4.26. The van der Waals surface area contributed by atoms with Gasteiger partial charge < -0.3 is 20.5 Å². The number of hydrogen-bond donors (Lipinski definition) is 3. The Labute approximate surface area is 182 Å². The molecule has 0 unspecified atom stereocenters. The van der Waals surface area contributed by atoms with Crippen molar-refractivity contribution >= 4 is 17.9 Å². The molecule has 0 aromatic heterocycles. The van der Waals surface area contributed by atoms with Crippen molar-refractivity contribution in [2.45, 2.75) is 45.4 Å². The molecule has 0 spiro atoms. The molecule has 1 aromatic carbocycles. The summed E-state index contributed by atoms with van der Waals surface area (Å²) in [5.74, 6) is -0.222. The van der Waals surface area contributed by atoms with E-state index in [1.165, 1.54) is 4.90 Å². The molecule has 168 valence electrons. The Kier molecular flexibility index (Phi) is 5.92. The first-order valence-corrected chi connectivity index (χ1v) is 11.0. The molecule has 4 rings (SSSR count). The van der Waals surface area contributed by atoms with E-state index in [9.17, 15) is 19.5 Å². The Morgan fingerprint density at radius 2 is 2.06 bits per heavy atom. The van der Waals surface area contributed by atoms with Crippen molar-refractivity contribution in [2.24, 2.45) is 23.2 Å². The first-order chi connectivity index (χ1) is 14.8. The van der Waals surface area contributed by atoms with Crippen LogP contribution < -0.4 is 10.6 Å². The summed E-state index contributed by atoms with van der Waals surface area (Å²) in [5.41, 5.74) is 0.870. The molecule has 1 aliphatic carbocycles. The normalized spacial score (nSPS) is 29.1. The van der Waals surface area contributed by atoms with Crippen LogP contribution in [-0.2, 0) is 20.9 Å². The van der Waals surface area contributed by atoms with Crippen molar-refractivity contribution < 1.29 is 24.2 Å². The molecule has 0 bridgehead atoms. The van der Waals surface area contributed by atoms with Gasteiger partial charge in [0.05, 0.1) is 12.6 Å². The molecule has 1 aromatic rings. The van der Waals surface area contributed by atoms with Gasteiger partial charge in [-0.25, -0.2) is 4.79 Å². The van der Waals surface area contributed by atoms with Crippen LogP contribution in [-0.4, -0.2) is 59.7 Å². The van der Waals surface area contributed by atoms with Crippen LogP contribution in [0.4, 0.5) is 4.79 Å². The van der Waals surface area contributed by atoms with E-state index >= 15 is 0 Å². The number of nitrogens with one attached hydrogen (secondary N) is 2. The number of ether oxygens (including phenoxy) is 1. The molecule has 0 radical (unpaired) electrons. The molecule has 3 amide bonds. The fourth-order valence-electron chi connectivity index (χ4n) is 5.26. The molecule has 2 aliphatic heterocycles. The number of likely N-dealkylation sites (tertiary alicyclic amines) is 1. The van der Waals surface area contributed by atoms with Gasteiger partial charge in [0.2, 0.25) is 11.8 Å². The molecule has 8 nitrogen and oxygen atoms in total. The summed E-state index contributed by atoms with van der Waals surface area (Å²) in [6.45, 7) is 5.23. The Morgan fingerprint density at radius 1 is 1.32 bits per heavy atom. The molecule has 3 aliphatic rings. The predicted octanol–water partition coefficient (Wildman–Crippen LogP) is 1.28. The molecule has 2 heterocycles. The number of carbonyl (C=O) groups is 3. The molecule has 8 heteroatoms. The molecule has 31 heavy (non-hydrogen) atoms. The monoisotopic (exact) mass is 429 g/mol. The lowest BCUT2D eigenvalue weighted by molar-refractivity contribution is -0.128. The standard InChI is InChI=1S/C23H31N3O5/c1-23(2)17-11-26(22(30)31-13-14-6-4-3-5-7-14)19(18(17)23)21(29)25-16(12-27)10-15-8-9-24-20(15)28/h3-7,15-19,27H,8-13H2,1-2H3,(H,24,28)(H,25,29)/t15-,16-,17-,18-,19-/m0/s1. The van der Waals surface area contributed by atoms with Crippen molar-refractivity contribution in [1.82, 2.24) is 15.5 Å². The lowest BCUT2D eigenvalue weighted by Gasteiger charge is -2.30. The molecule has 5 atom stereocenters. The largest absolute Gasteiger partial charge is 0.445 e. The maximum absolute atomic E-state index is 13.2. The number of amides is 3. The third-order valence-electron chi connectivity index (χ3n) is 7.22.